The van der Waals surface area contributed by atoms with Crippen LogP contribution in [0, 0.1) is 0 Å². The van der Waals surface area contributed by atoms with Crippen LogP contribution in [0.3, 0.4) is 0 Å². The van der Waals surface area contributed by atoms with Crippen molar-refractivity contribution in [3.05, 3.63) is 32.7 Å². The van der Waals surface area contributed by atoms with Crippen LogP contribution >= 0.6 is 23.2 Å². The van der Waals surface area contributed by atoms with E-state index in [0.717, 1.165) is 0 Å². The molecule has 9 nitrogen and oxygen atoms in total. The van der Waals surface area contributed by atoms with Crippen LogP contribution in [-0.2, 0) is 26.4 Å². The van der Waals surface area contributed by atoms with E-state index < -0.39 is 33.6 Å². The summed E-state index contributed by atoms with van der Waals surface area (Å²) in [7, 11) is -4.60. The third-order valence-corrected chi connectivity index (χ3v) is 4.25. The second-order valence-corrected chi connectivity index (χ2v) is 6.57. The Labute approximate surface area is 162 Å². The molecule has 0 radical (unpaired) electrons. The molecule has 1 aromatic rings. The van der Waals surface area contributed by atoms with Gasteiger partial charge in [0.25, 0.3) is 5.91 Å². The van der Waals surface area contributed by atoms with Gasteiger partial charge in [0.2, 0.25) is 11.3 Å². The number of nitrogens with zero attached hydrogens (tertiary/aromatic N) is 2. The molecular formula is C10H10Cl2N3NaO6S. The van der Waals surface area contributed by atoms with Gasteiger partial charge in [0, 0.05) is 12.4 Å². The van der Waals surface area contributed by atoms with Crippen LogP contribution in [0.25, 0.3) is 0 Å². The topological polar surface area (TPSA) is 126 Å². The minimum absolute atomic E-state index is 0. The molecule has 2 N–H and O–H groups in total. The van der Waals surface area contributed by atoms with Crippen LogP contribution in [0.2, 0.25) is 10.0 Å². The standard InChI is InChI=1S/C10H9Cl2N3O6S.Na.H/c11-5-1-14(2-6(12)9(5)17)4-8(16)13-7-3-15(10(7)18)22(19,20)21;;/h1-2,7H,3-4H2,(H,13,16)(H,19,20,21);;. The number of carbonyl (C=O) groups is 2. The zero-order chi connectivity index (χ0) is 16.7. The number of pyridine rings is 1. The molecule has 23 heavy (non-hydrogen) atoms. The summed E-state index contributed by atoms with van der Waals surface area (Å²) in [4.78, 5) is 34.5. The molecule has 1 atom stereocenters. The molecule has 0 saturated carbocycles. The Kier molecular flexibility index (Phi) is 6.67. The average Bonchev–Trinajstić information content (AvgIpc) is 2.38. The molecule has 1 unspecified atom stereocenters. The van der Waals surface area contributed by atoms with Gasteiger partial charge in [0.15, 0.2) is 0 Å². The van der Waals surface area contributed by atoms with Gasteiger partial charge < -0.3 is 9.88 Å². The Morgan fingerprint density at radius 1 is 1.30 bits per heavy atom. The first-order valence-corrected chi connectivity index (χ1v) is 7.88. The van der Waals surface area contributed by atoms with Gasteiger partial charge >= 0.3 is 39.9 Å². The normalized spacial score (nSPS) is 17.3. The Bertz CT molecular complexity index is 785. The van der Waals surface area contributed by atoms with Crippen molar-refractivity contribution < 1.29 is 22.6 Å². The van der Waals surface area contributed by atoms with Crippen molar-refractivity contribution in [3.63, 3.8) is 0 Å². The number of hydrogen-bond donors (Lipinski definition) is 2. The van der Waals surface area contributed by atoms with E-state index in [-0.39, 0.29) is 57.0 Å². The number of rotatable bonds is 4. The number of hydrogen-bond acceptors (Lipinski definition) is 5. The maximum absolute atomic E-state index is 11.7. The summed E-state index contributed by atoms with van der Waals surface area (Å²) >= 11 is 11.3. The van der Waals surface area contributed by atoms with Gasteiger partial charge in [-0.3, -0.25) is 18.9 Å². The summed E-state index contributed by atoms with van der Waals surface area (Å²) in [5.74, 6) is -1.56. The molecule has 2 rings (SSSR count). The molecule has 0 aromatic carbocycles. The molecule has 1 aliphatic rings. The van der Waals surface area contributed by atoms with Crippen LogP contribution in [0.1, 0.15) is 0 Å². The van der Waals surface area contributed by atoms with Gasteiger partial charge in [-0.2, -0.15) is 8.42 Å². The second kappa shape index (κ2) is 7.51. The number of halogens is 2. The molecule has 0 aliphatic carbocycles. The van der Waals surface area contributed by atoms with Gasteiger partial charge in [0.1, 0.15) is 22.6 Å². The first-order chi connectivity index (χ1) is 10.1. The van der Waals surface area contributed by atoms with Gasteiger partial charge in [-0.1, -0.05) is 23.2 Å². The molecule has 1 aromatic heterocycles. The van der Waals surface area contributed by atoms with E-state index in [1.807, 2.05) is 0 Å². The zero-order valence-corrected chi connectivity index (χ0v) is 13.0. The van der Waals surface area contributed by atoms with Gasteiger partial charge in [-0.05, 0) is 0 Å². The zero-order valence-electron chi connectivity index (χ0n) is 10.7. The summed E-state index contributed by atoms with van der Waals surface area (Å²) < 4.78 is 31.6. The van der Waals surface area contributed by atoms with E-state index in [2.05, 4.69) is 5.32 Å². The van der Waals surface area contributed by atoms with E-state index in [1.165, 1.54) is 17.0 Å². The molecule has 0 spiro atoms. The number of nitrogens with one attached hydrogen (secondary N) is 1. The van der Waals surface area contributed by atoms with Crippen molar-refractivity contribution in [2.75, 3.05) is 6.54 Å². The van der Waals surface area contributed by atoms with Crippen LogP contribution in [0.15, 0.2) is 17.2 Å². The van der Waals surface area contributed by atoms with E-state index >= 15 is 0 Å². The molecule has 122 valence electrons. The average molecular weight is 394 g/mol. The number of aromatic nitrogens is 1. The molecule has 0 bridgehead atoms. The van der Waals surface area contributed by atoms with Crippen LogP contribution in [0.4, 0.5) is 0 Å². The summed E-state index contributed by atoms with van der Waals surface area (Å²) in [6, 6.07) is -1.04. The number of carbonyl (C=O) groups excluding carboxylic acids is 2. The van der Waals surface area contributed by atoms with Gasteiger partial charge in [0.05, 0.1) is 6.54 Å². The first kappa shape index (κ1) is 20.4. The summed E-state index contributed by atoms with van der Waals surface area (Å²) in [6.45, 7) is -0.634. The van der Waals surface area contributed by atoms with Gasteiger partial charge in [-0.15, -0.1) is 0 Å². The van der Waals surface area contributed by atoms with E-state index in [1.54, 1.807) is 0 Å². The SMILES string of the molecule is O=C(Cn1cc(Cl)c(=O)c(Cl)c1)NC1CN(S(=O)(=O)O)C1=O.[NaH]. The fourth-order valence-electron chi connectivity index (χ4n) is 1.77. The molecular weight excluding hydrogens is 384 g/mol. The van der Waals surface area contributed by atoms with E-state index in [9.17, 15) is 22.8 Å². The summed E-state index contributed by atoms with van der Waals surface area (Å²) in [5.41, 5.74) is -0.571. The minimum atomic E-state index is -4.60. The molecule has 2 amide bonds. The van der Waals surface area contributed by atoms with Crippen molar-refractivity contribution >= 4 is 74.9 Å². The van der Waals surface area contributed by atoms with Crippen molar-refractivity contribution in [1.29, 1.82) is 0 Å². The Morgan fingerprint density at radius 2 is 1.83 bits per heavy atom. The third-order valence-electron chi connectivity index (χ3n) is 2.82. The third kappa shape index (κ3) is 4.69. The number of amides is 2. The molecule has 1 fully saturated rings. The Balaban J connectivity index is 0.00000264. The molecule has 13 heteroatoms. The number of β-lactam (4-membered cyclic amide) rings is 1. The van der Waals surface area contributed by atoms with Crippen molar-refractivity contribution in [1.82, 2.24) is 14.2 Å². The summed E-state index contributed by atoms with van der Waals surface area (Å²) in [6.07, 6.45) is 2.39. The van der Waals surface area contributed by atoms with Crippen LogP contribution in [-0.4, -0.2) is 75.8 Å². The predicted octanol–water partition coefficient (Wildman–Crippen LogP) is -1.36. The van der Waals surface area contributed by atoms with E-state index in [4.69, 9.17) is 27.8 Å². The van der Waals surface area contributed by atoms with E-state index in [0.29, 0.717) is 0 Å². The maximum atomic E-state index is 11.7. The molecule has 1 aliphatic heterocycles. The molecule has 2 heterocycles. The molecule has 1 saturated heterocycles. The van der Waals surface area contributed by atoms with Crippen LogP contribution < -0.4 is 10.7 Å². The van der Waals surface area contributed by atoms with Crippen molar-refractivity contribution in [2.24, 2.45) is 0 Å². The Hall–Kier alpha value is -0.620. The van der Waals surface area contributed by atoms with Crippen molar-refractivity contribution in [3.8, 4) is 0 Å². The predicted molar refractivity (Wildman–Crippen MR) is 83.1 cm³/mol. The second-order valence-electron chi connectivity index (χ2n) is 4.42. The fraction of sp³-hybridized carbons (Fsp3) is 0.300. The monoisotopic (exact) mass is 393 g/mol. The fourth-order valence-corrected chi connectivity index (χ4v) is 2.96. The van der Waals surface area contributed by atoms with Crippen LogP contribution in [0.5, 0.6) is 0 Å². The quantitative estimate of drug-likeness (QED) is 0.369. The Morgan fingerprint density at radius 3 is 2.26 bits per heavy atom. The summed E-state index contributed by atoms with van der Waals surface area (Å²) in [5, 5.41) is 1.94. The first-order valence-electron chi connectivity index (χ1n) is 5.73. The van der Waals surface area contributed by atoms with Gasteiger partial charge in [-0.25, -0.2) is 4.31 Å². The van der Waals surface area contributed by atoms with Crippen molar-refractivity contribution in [2.45, 2.75) is 12.6 Å².